The molecule has 2 heterocycles. The maximum atomic E-state index is 12.2. The molecule has 2 fully saturated rings. The number of ether oxygens (including phenoxy) is 1. The van der Waals surface area contributed by atoms with Crippen molar-refractivity contribution >= 4 is 28.2 Å². The molecule has 2 aliphatic heterocycles. The van der Waals surface area contributed by atoms with Crippen molar-refractivity contribution in [3.63, 3.8) is 0 Å². The molecule has 0 aromatic carbocycles. The van der Waals surface area contributed by atoms with Crippen LogP contribution < -0.4 is 5.84 Å². The van der Waals surface area contributed by atoms with Crippen LogP contribution in [0, 0.1) is 0 Å². The Balaban J connectivity index is 2.12. The molecule has 0 aromatic rings. The number of hydroxylamine groups is 2. The predicted octanol–water partition coefficient (Wildman–Crippen LogP) is -2.14. The van der Waals surface area contributed by atoms with Crippen LogP contribution in [0.15, 0.2) is 0 Å². The minimum atomic E-state index is -4.87. The Labute approximate surface area is 131 Å². The maximum Gasteiger partial charge on any atom is 0.418 e. The zero-order valence-corrected chi connectivity index (χ0v) is 12.9. The molecule has 23 heavy (non-hydrogen) atoms. The Morgan fingerprint density at radius 2 is 2.09 bits per heavy atom. The third kappa shape index (κ3) is 3.59. The van der Waals surface area contributed by atoms with Gasteiger partial charge in [-0.25, -0.2) is 15.6 Å². The first-order valence-corrected chi connectivity index (χ1v) is 7.89. The highest BCUT2D eigenvalue weighted by Crippen LogP contribution is 2.31. The minimum Gasteiger partial charge on any atom is -0.375 e. The first-order valence-electron chi connectivity index (χ1n) is 6.53. The van der Waals surface area contributed by atoms with Crippen LogP contribution in [0.4, 0.5) is 4.79 Å². The standard InChI is InChI=1S/C10H16N4O8S/c1-21-5-8(15)13(11)9(16)7-3-2-6-4-12(7)10(17)14(6)22-23(18,19)20/h6-7H,2-5,11H2,1H3,(H,18,19,20). The number of piperidine rings is 1. The van der Waals surface area contributed by atoms with Gasteiger partial charge < -0.3 is 9.64 Å². The molecule has 13 heteroatoms. The van der Waals surface area contributed by atoms with E-state index in [4.69, 9.17) is 10.4 Å². The van der Waals surface area contributed by atoms with Gasteiger partial charge >= 0.3 is 16.4 Å². The smallest absolute Gasteiger partial charge is 0.375 e. The van der Waals surface area contributed by atoms with E-state index >= 15 is 0 Å². The van der Waals surface area contributed by atoms with Crippen molar-refractivity contribution in [2.24, 2.45) is 5.84 Å². The van der Waals surface area contributed by atoms with Crippen LogP contribution in [-0.2, 0) is 29.0 Å². The average Bonchev–Trinajstić information content (AvgIpc) is 2.70. The Bertz CT molecular complexity index is 622. The summed E-state index contributed by atoms with van der Waals surface area (Å²) in [6, 6.07) is -2.56. The van der Waals surface area contributed by atoms with Crippen molar-refractivity contribution in [2.75, 3.05) is 20.3 Å². The average molecular weight is 352 g/mol. The van der Waals surface area contributed by atoms with Gasteiger partial charge in [0.15, 0.2) is 0 Å². The zero-order valence-electron chi connectivity index (χ0n) is 12.1. The van der Waals surface area contributed by atoms with Gasteiger partial charge in [0.25, 0.3) is 11.8 Å². The maximum absolute atomic E-state index is 12.2. The second-order valence-electron chi connectivity index (χ2n) is 5.04. The summed E-state index contributed by atoms with van der Waals surface area (Å²) in [5, 5.41) is 0.870. The van der Waals surface area contributed by atoms with Crippen molar-refractivity contribution in [2.45, 2.75) is 24.9 Å². The lowest BCUT2D eigenvalue weighted by molar-refractivity contribution is -0.150. The number of imide groups is 1. The number of methoxy groups -OCH3 is 1. The van der Waals surface area contributed by atoms with E-state index in [1.807, 2.05) is 0 Å². The van der Waals surface area contributed by atoms with E-state index in [1.54, 1.807) is 0 Å². The fraction of sp³-hybridized carbons (Fsp3) is 0.700. The molecule has 0 aliphatic carbocycles. The molecule has 130 valence electrons. The van der Waals surface area contributed by atoms with Crippen molar-refractivity contribution < 1.29 is 36.4 Å². The number of rotatable bonds is 5. The molecule has 0 spiro atoms. The number of carbonyl (C=O) groups excluding carboxylic acids is 3. The van der Waals surface area contributed by atoms with E-state index in [-0.39, 0.29) is 19.4 Å². The Morgan fingerprint density at radius 1 is 1.43 bits per heavy atom. The monoisotopic (exact) mass is 352 g/mol. The second kappa shape index (κ2) is 6.37. The molecule has 4 amide bonds. The number of urea groups is 1. The third-order valence-corrected chi connectivity index (χ3v) is 3.91. The predicted molar refractivity (Wildman–Crippen MR) is 71.3 cm³/mol. The quantitative estimate of drug-likeness (QED) is 0.244. The summed E-state index contributed by atoms with van der Waals surface area (Å²) in [6.45, 7) is -0.388. The van der Waals surface area contributed by atoms with E-state index in [0.717, 1.165) is 4.90 Å². The molecule has 0 saturated carbocycles. The summed E-state index contributed by atoms with van der Waals surface area (Å²) >= 11 is 0. The topological polar surface area (TPSA) is 160 Å². The number of amides is 4. The minimum absolute atomic E-state index is 0.0110. The summed E-state index contributed by atoms with van der Waals surface area (Å²) in [5.74, 6) is 3.83. The molecular weight excluding hydrogens is 336 g/mol. The molecule has 2 saturated heterocycles. The molecule has 3 N–H and O–H groups in total. The second-order valence-corrected chi connectivity index (χ2v) is 6.05. The summed E-state index contributed by atoms with van der Waals surface area (Å²) in [7, 11) is -3.61. The van der Waals surface area contributed by atoms with Crippen LogP contribution in [0.2, 0.25) is 0 Å². The molecule has 0 radical (unpaired) electrons. The molecule has 2 bridgehead atoms. The highest BCUT2D eigenvalue weighted by molar-refractivity contribution is 7.80. The third-order valence-electron chi connectivity index (χ3n) is 3.56. The van der Waals surface area contributed by atoms with Crippen molar-refractivity contribution in [1.82, 2.24) is 15.0 Å². The van der Waals surface area contributed by atoms with E-state index < -0.39 is 46.9 Å². The van der Waals surface area contributed by atoms with E-state index in [0.29, 0.717) is 10.1 Å². The van der Waals surface area contributed by atoms with E-state index in [2.05, 4.69) is 9.02 Å². The van der Waals surface area contributed by atoms with Gasteiger partial charge in [0.2, 0.25) is 0 Å². The lowest BCUT2D eigenvalue weighted by Crippen LogP contribution is -2.55. The lowest BCUT2D eigenvalue weighted by Gasteiger charge is -2.31. The number of hydrogen-bond acceptors (Lipinski definition) is 8. The summed E-state index contributed by atoms with van der Waals surface area (Å²) in [6.07, 6.45) is 0.398. The summed E-state index contributed by atoms with van der Waals surface area (Å²) in [4.78, 5) is 37.0. The number of hydrazine groups is 1. The first kappa shape index (κ1) is 17.6. The van der Waals surface area contributed by atoms with Gasteiger partial charge in [0.05, 0.1) is 6.04 Å². The van der Waals surface area contributed by atoms with Gasteiger partial charge in [0, 0.05) is 13.7 Å². The highest BCUT2D eigenvalue weighted by Gasteiger charge is 2.50. The van der Waals surface area contributed by atoms with Crippen LogP contribution in [0.25, 0.3) is 0 Å². The van der Waals surface area contributed by atoms with Gasteiger partial charge in [-0.3, -0.25) is 14.1 Å². The molecular formula is C10H16N4O8S. The lowest BCUT2D eigenvalue weighted by atomic mass is 10.00. The number of nitrogens with two attached hydrogens (primary N) is 1. The van der Waals surface area contributed by atoms with E-state index in [1.165, 1.54) is 7.11 Å². The molecule has 2 unspecified atom stereocenters. The number of nitrogens with zero attached hydrogens (tertiary/aromatic N) is 3. The fourth-order valence-electron chi connectivity index (χ4n) is 2.56. The van der Waals surface area contributed by atoms with Crippen molar-refractivity contribution in [3.8, 4) is 0 Å². The van der Waals surface area contributed by atoms with Gasteiger partial charge in [-0.1, -0.05) is 0 Å². The zero-order chi connectivity index (χ0) is 17.4. The fourth-order valence-corrected chi connectivity index (χ4v) is 2.95. The molecule has 2 rings (SSSR count). The molecule has 12 nitrogen and oxygen atoms in total. The summed E-state index contributed by atoms with van der Waals surface area (Å²) in [5.41, 5.74) is 0. The van der Waals surface area contributed by atoms with Crippen LogP contribution >= 0.6 is 0 Å². The summed E-state index contributed by atoms with van der Waals surface area (Å²) < 4.78 is 39.1. The Kier molecular flexibility index (Phi) is 4.86. The van der Waals surface area contributed by atoms with Crippen LogP contribution in [-0.4, -0.2) is 78.1 Å². The van der Waals surface area contributed by atoms with Crippen LogP contribution in [0.1, 0.15) is 12.8 Å². The van der Waals surface area contributed by atoms with Crippen LogP contribution in [0.3, 0.4) is 0 Å². The Morgan fingerprint density at radius 3 is 2.65 bits per heavy atom. The van der Waals surface area contributed by atoms with Gasteiger partial charge in [0.1, 0.15) is 12.6 Å². The number of carbonyl (C=O) groups is 3. The van der Waals surface area contributed by atoms with Gasteiger partial charge in [-0.05, 0) is 12.8 Å². The molecule has 2 aliphatic rings. The Hall–Kier alpha value is -1.80. The normalized spacial score (nSPS) is 24.0. The first-order chi connectivity index (χ1) is 10.7. The molecule has 2 atom stereocenters. The highest BCUT2D eigenvalue weighted by atomic mass is 32.3. The molecule has 0 aromatic heterocycles. The van der Waals surface area contributed by atoms with E-state index in [9.17, 15) is 22.8 Å². The van der Waals surface area contributed by atoms with Crippen molar-refractivity contribution in [3.05, 3.63) is 0 Å². The number of fused-ring (bicyclic) bond motifs is 2. The van der Waals surface area contributed by atoms with Crippen LogP contribution in [0.5, 0.6) is 0 Å². The number of hydrogen-bond donors (Lipinski definition) is 2. The largest absolute Gasteiger partial charge is 0.418 e. The SMILES string of the molecule is COCC(=O)N(N)C(=O)C1CCC2CN1C(=O)N2OS(=O)(=O)O. The van der Waals surface area contributed by atoms with Gasteiger partial charge in [-0.15, -0.1) is 4.28 Å². The van der Waals surface area contributed by atoms with Crippen molar-refractivity contribution in [1.29, 1.82) is 0 Å². The van der Waals surface area contributed by atoms with Gasteiger partial charge in [-0.2, -0.15) is 13.5 Å².